The van der Waals surface area contributed by atoms with Crippen molar-refractivity contribution in [2.45, 2.75) is 12.8 Å². The molecule has 0 saturated carbocycles. The van der Waals surface area contributed by atoms with E-state index in [1.54, 1.807) is 6.07 Å². The van der Waals surface area contributed by atoms with Crippen LogP contribution in [0.15, 0.2) is 24.3 Å². The molecule has 3 nitrogen and oxygen atoms in total. The Hall–Kier alpha value is -1.06. The zero-order valence-corrected chi connectivity index (χ0v) is 9.71. The van der Waals surface area contributed by atoms with Crippen LogP contribution in [0.1, 0.15) is 28.8 Å². The molecule has 1 unspecified atom stereocenters. The molecule has 0 aliphatic carbocycles. The van der Waals surface area contributed by atoms with Crippen LogP contribution in [0.5, 0.6) is 0 Å². The van der Waals surface area contributed by atoms with Crippen molar-refractivity contribution >= 4 is 18.4 Å². The molecule has 0 fully saturated rings. The minimum absolute atomic E-state index is 0. The first-order valence-electron chi connectivity index (χ1n) is 4.57. The predicted molar refractivity (Wildman–Crippen MR) is 62.5 cm³/mol. The Labute approximate surface area is 96.0 Å². The number of carbonyl (C=O) groups is 1. The van der Waals surface area contributed by atoms with E-state index in [-0.39, 0.29) is 24.3 Å². The van der Waals surface area contributed by atoms with Crippen molar-refractivity contribution in [3.63, 3.8) is 0 Å². The van der Waals surface area contributed by atoms with Crippen molar-refractivity contribution in [3.05, 3.63) is 35.4 Å². The van der Waals surface area contributed by atoms with Gasteiger partial charge in [-0.05, 0) is 30.2 Å². The van der Waals surface area contributed by atoms with E-state index in [2.05, 4.69) is 4.74 Å². The zero-order chi connectivity index (χ0) is 10.6. The summed E-state index contributed by atoms with van der Waals surface area (Å²) in [7, 11) is 1.38. The molecule has 15 heavy (non-hydrogen) atoms. The van der Waals surface area contributed by atoms with E-state index in [1.165, 1.54) is 7.11 Å². The molecule has 0 bridgehead atoms. The fourth-order valence-corrected chi connectivity index (χ4v) is 1.23. The molecular formula is C11H16ClNO2. The molecule has 0 heterocycles. The molecule has 0 aromatic heterocycles. The van der Waals surface area contributed by atoms with Crippen molar-refractivity contribution in [2.75, 3.05) is 13.7 Å². The Bertz CT molecular complexity index is 328. The SMILES string of the molecule is COC(=O)c1cccc(C(C)CN)c1.Cl. The molecule has 84 valence electrons. The quantitative estimate of drug-likeness (QED) is 0.807. The van der Waals surface area contributed by atoms with E-state index in [1.807, 2.05) is 25.1 Å². The first-order valence-corrected chi connectivity index (χ1v) is 4.57. The average molecular weight is 230 g/mol. The molecule has 4 heteroatoms. The third-order valence-electron chi connectivity index (χ3n) is 2.23. The Morgan fingerprint density at radius 3 is 2.73 bits per heavy atom. The van der Waals surface area contributed by atoms with Gasteiger partial charge in [-0.1, -0.05) is 19.1 Å². The molecule has 0 saturated heterocycles. The van der Waals surface area contributed by atoms with Crippen LogP contribution in [-0.2, 0) is 4.74 Å². The summed E-state index contributed by atoms with van der Waals surface area (Å²) in [6.45, 7) is 2.60. The van der Waals surface area contributed by atoms with E-state index in [0.29, 0.717) is 12.1 Å². The topological polar surface area (TPSA) is 52.3 Å². The van der Waals surface area contributed by atoms with E-state index >= 15 is 0 Å². The molecule has 1 atom stereocenters. The van der Waals surface area contributed by atoms with Crippen LogP contribution in [0.4, 0.5) is 0 Å². The van der Waals surface area contributed by atoms with Crippen molar-refractivity contribution in [1.29, 1.82) is 0 Å². The lowest BCUT2D eigenvalue weighted by molar-refractivity contribution is 0.0600. The van der Waals surface area contributed by atoms with Crippen molar-refractivity contribution in [3.8, 4) is 0 Å². The van der Waals surface area contributed by atoms with Crippen LogP contribution in [0.3, 0.4) is 0 Å². The fraction of sp³-hybridized carbons (Fsp3) is 0.364. The second-order valence-electron chi connectivity index (χ2n) is 3.25. The van der Waals surface area contributed by atoms with Crippen LogP contribution < -0.4 is 5.73 Å². The molecule has 2 N–H and O–H groups in total. The molecule has 1 aromatic rings. The number of nitrogens with two attached hydrogens (primary N) is 1. The van der Waals surface area contributed by atoms with Crippen LogP contribution in [-0.4, -0.2) is 19.6 Å². The zero-order valence-electron chi connectivity index (χ0n) is 8.90. The standard InChI is InChI=1S/C11H15NO2.ClH/c1-8(7-12)9-4-3-5-10(6-9)11(13)14-2;/h3-6,8H,7,12H2,1-2H3;1H. The summed E-state index contributed by atoms with van der Waals surface area (Å²) < 4.78 is 4.63. The smallest absolute Gasteiger partial charge is 0.337 e. The number of methoxy groups -OCH3 is 1. The minimum atomic E-state index is -0.309. The van der Waals surface area contributed by atoms with Gasteiger partial charge in [-0.3, -0.25) is 0 Å². The Morgan fingerprint density at radius 2 is 2.20 bits per heavy atom. The number of ether oxygens (including phenoxy) is 1. The highest BCUT2D eigenvalue weighted by Gasteiger charge is 2.08. The number of hydrogen-bond acceptors (Lipinski definition) is 3. The molecule has 0 spiro atoms. The Morgan fingerprint density at radius 1 is 1.53 bits per heavy atom. The molecule has 1 aromatic carbocycles. The summed E-state index contributed by atoms with van der Waals surface area (Å²) in [4.78, 5) is 11.2. The van der Waals surface area contributed by atoms with Gasteiger partial charge >= 0.3 is 5.97 Å². The van der Waals surface area contributed by atoms with Gasteiger partial charge in [0.15, 0.2) is 0 Å². The summed E-state index contributed by atoms with van der Waals surface area (Å²) in [6, 6.07) is 7.36. The highest BCUT2D eigenvalue weighted by atomic mass is 35.5. The second kappa shape index (κ2) is 6.43. The summed E-state index contributed by atoms with van der Waals surface area (Å²) in [5.74, 6) is -0.0457. The number of benzene rings is 1. The summed E-state index contributed by atoms with van der Waals surface area (Å²) >= 11 is 0. The van der Waals surface area contributed by atoms with Gasteiger partial charge < -0.3 is 10.5 Å². The monoisotopic (exact) mass is 229 g/mol. The van der Waals surface area contributed by atoms with Gasteiger partial charge in [0.2, 0.25) is 0 Å². The largest absolute Gasteiger partial charge is 0.465 e. The molecule has 1 rings (SSSR count). The van der Waals surface area contributed by atoms with Gasteiger partial charge in [0.05, 0.1) is 12.7 Å². The lowest BCUT2D eigenvalue weighted by Gasteiger charge is -2.09. The van der Waals surface area contributed by atoms with E-state index in [9.17, 15) is 4.79 Å². The Balaban J connectivity index is 0.00000196. The molecule has 0 aliphatic heterocycles. The summed E-state index contributed by atoms with van der Waals surface area (Å²) in [5.41, 5.74) is 7.19. The highest BCUT2D eigenvalue weighted by molar-refractivity contribution is 5.89. The second-order valence-corrected chi connectivity index (χ2v) is 3.25. The van der Waals surface area contributed by atoms with Crippen LogP contribution >= 0.6 is 12.4 Å². The van der Waals surface area contributed by atoms with Gasteiger partial charge in [-0.15, -0.1) is 12.4 Å². The number of esters is 1. The number of carbonyl (C=O) groups excluding carboxylic acids is 1. The number of halogens is 1. The van der Waals surface area contributed by atoms with E-state index < -0.39 is 0 Å². The summed E-state index contributed by atoms with van der Waals surface area (Å²) in [5, 5.41) is 0. The van der Waals surface area contributed by atoms with E-state index in [0.717, 1.165) is 5.56 Å². The van der Waals surface area contributed by atoms with Gasteiger partial charge in [0.25, 0.3) is 0 Å². The van der Waals surface area contributed by atoms with E-state index in [4.69, 9.17) is 5.73 Å². The maximum atomic E-state index is 11.2. The Kier molecular flexibility index (Phi) is 5.97. The van der Waals surface area contributed by atoms with Gasteiger partial charge in [-0.25, -0.2) is 4.79 Å². The molecule has 0 radical (unpaired) electrons. The fourth-order valence-electron chi connectivity index (χ4n) is 1.23. The maximum absolute atomic E-state index is 11.2. The van der Waals surface area contributed by atoms with Crippen LogP contribution in [0.2, 0.25) is 0 Å². The number of hydrogen-bond donors (Lipinski definition) is 1. The first-order chi connectivity index (χ1) is 6.69. The minimum Gasteiger partial charge on any atom is -0.465 e. The third-order valence-corrected chi connectivity index (χ3v) is 2.23. The predicted octanol–water partition coefficient (Wildman–Crippen LogP) is 1.96. The third kappa shape index (κ3) is 3.53. The van der Waals surface area contributed by atoms with Crippen LogP contribution in [0, 0.1) is 0 Å². The molecule has 0 amide bonds. The van der Waals surface area contributed by atoms with Crippen molar-refractivity contribution in [2.24, 2.45) is 5.73 Å². The molecule has 0 aliphatic rings. The first kappa shape index (κ1) is 13.9. The summed E-state index contributed by atoms with van der Waals surface area (Å²) in [6.07, 6.45) is 0. The van der Waals surface area contributed by atoms with Gasteiger partial charge in [0.1, 0.15) is 0 Å². The van der Waals surface area contributed by atoms with Crippen molar-refractivity contribution < 1.29 is 9.53 Å². The average Bonchev–Trinajstić information content (AvgIpc) is 2.27. The maximum Gasteiger partial charge on any atom is 0.337 e. The highest BCUT2D eigenvalue weighted by Crippen LogP contribution is 2.15. The normalized spacial score (nSPS) is 11.4. The van der Waals surface area contributed by atoms with Crippen LogP contribution in [0.25, 0.3) is 0 Å². The lowest BCUT2D eigenvalue weighted by Crippen LogP contribution is -2.10. The van der Waals surface area contributed by atoms with Crippen molar-refractivity contribution in [1.82, 2.24) is 0 Å². The molecular weight excluding hydrogens is 214 g/mol. The van der Waals surface area contributed by atoms with Gasteiger partial charge in [-0.2, -0.15) is 0 Å². The van der Waals surface area contributed by atoms with Gasteiger partial charge in [0, 0.05) is 0 Å². The lowest BCUT2D eigenvalue weighted by atomic mass is 9.99. The number of rotatable bonds is 3.